The highest BCUT2D eigenvalue weighted by Gasteiger charge is 2.06. The van der Waals surface area contributed by atoms with Crippen molar-refractivity contribution in [1.82, 2.24) is 15.2 Å². The molecule has 27 heavy (non-hydrogen) atoms. The molecule has 0 fully saturated rings. The van der Waals surface area contributed by atoms with Crippen LogP contribution < -0.4 is 15.0 Å². The van der Waals surface area contributed by atoms with E-state index in [1.807, 2.05) is 68.6 Å². The molecule has 1 aromatic heterocycles. The SMILES string of the molecule is CCNC(=NCc1ccnc(N(C)C)c1)N(C)CCOc1ccccc1.I. The monoisotopic (exact) mass is 483 g/mol. The molecule has 1 heterocycles. The maximum Gasteiger partial charge on any atom is 0.194 e. The number of rotatable bonds is 8. The molecule has 0 amide bonds. The minimum absolute atomic E-state index is 0. The fourth-order valence-electron chi connectivity index (χ4n) is 2.36. The maximum absolute atomic E-state index is 5.77. The number of nitrogens with one attached hydrogen (secondary N) is 1. The van der Waals surface area contributed by atoms with Crippen LogP contribution in [0.25, 0.3) is 0 Å². The highest BCUT2D eigenvalue weighted by molar-refractivity contribution is 14.0. The first-order valence-electron chi connectivity index (χ1n) is 8.89. The number of hydrogen-bond acceptors (Lipinski definition) is 4. The number of benzene rings is 1. The van der Waals surface area contributed by atoms with Gasteiger partial charge in [0.25, 0.3) is 0 Å². The van der Waals surface area contributed by atoms with E-state index >= 15 is 0 Å². The number of aromatic nitrogens is 1. The lowest BCUT2D eigenvalue weighted by atomic mass is 10.2. The van der Waals surface area contributed by atoms with Gasteiger partial charge in [-0.3, -0.25) is 0 Å². The molecule has 0 spiro atoms. The Bertz CT molecular complexity index is 694. The summed E-state index contributed by atoms with van der Waals surface area (Å²) < 4.78 is 5.77. The number of guanidine groups is 1. The summed E-state index contributed by atoms with van der Waals surface area (Å²) >= 11 is 0. The van der Waals surface area contributed by atoms with Gasteiger partial charge < -0.3 is 19.9 Å². The minimum Gasteiger partial charge on any atom is -0.492 e. The van der Waals surface area contributed by atoms with Crippen molar-refractivity contribution in [1.29, 1.82) is 0 Å². The van der Waals surface area contributed by atoms with E-state index in [4.69, 9.17) is 9.73 Å². The van der Waals surface area contributed by atoms with Gasteiger partial charge in [0, 0.05) is 33.9 Å². The molecule has 0 aliphatic carbocycles. The van der Waals surface area contributed by atoms with Gasteiger partial charge >= 0.3 is 0 Å². The van der Waals surface area contributed by atoms with Gasteiger partial charge in [-0.25, -0.2) is 9.98 Å². The second-order valence-electron chi connectivity index (χ2n) is 6.17. The molecule has 0 aliphatic heterocycles. The first kappa shape index (κ1) is 23.0. The number of hydrogen-bond donors (Lipinski definition) is 1. The average molecular weight is 483 g/mol. The van der Waals surface area contributed by atoms with Crippen LogP contribution in [0.3, 0.4) is 0 Å². The summed E-state index contributed by atoms with van der Waals surface area (Å²) in [6.07, 6.45) is 1.82. The third-order valence-electron chi connectivity index (χ3n) is 3.81. The summed E-state index contributed by atoms with van der Waals surface area (Å²) in [6, 6.07) is 13.9. The van der Waals surface area contributed by atoms with Gasteiger partial charge in [0.2, 0.25) is 0 Å². The molecule has 2 rings (SSSR count). The molecule has 0 aliphatic rings. The van der Waals surface area contributed by atoms with Crippen LogP contribution in [-0.2, 0) is 6.54 Å². The van der Waals surface area contributed by atoms with Crippen LogP contribution in [0, 0.1) is 0 Å². The zero-order chi connectivity index (χ0) is 18.8. The predicted molar refractivity (Wildman–Crippen MR) is 123 cm³/mol. The van der Waals surface area contributed by atoms with Gasteiger partial charge in [-0.2, -0.15) is 0 Å². The minimum atomic E-state index is 0. The van der Waals surface area contributed by atoms with Crippen LogP contribution in [0.5, 0.6) is 5.75 Å². The Morgan fingerprint density at radius 2 is 1.89 bits per heavy atom. The first-order chi connectivity index (χ1) is 12.6. The summed E-state index contributed by atoms with van der Waals surface area (Å²) in [7, 11) is 5.99. The van der Waals surface area contributed by atoms with E-state index in [9.17, 15) is 0 Å². The second kappa shape index (κ2) is 12.4. The quantitative estimate of drug-likeness (QED) is 0.355. The standard InChI is InChI=1S/C20H29N5O.HI/c1-5-21-20(23-16-17-11-12-22-19(15-17)24(2)3)25(4)13-14-26-18-9-7-6-8-10-18;/h6-12,15H,5,13-14,16H2,1-4H3,(H,21,23);1H. The Balaban J connectivity index is 0.00000364. The molecule has 0 saturated heterocycles. The van der Waals surface area contributed by atoms with Crippen LogP contribution in [0.1, 0.15) is 12.5 Å². The Hall–Kier alpha value is -2.03. The highest BCUT2D eigenvalue weighted by atomic mass is 127. The number of para-hydroxylation sites is 1. The second-order valence-corrected chi connectivity index (χ2v) is 6.17. The molecular weight excluding hydrogens is 453 g/mol. The van der Waals surface area contributed by atoms with Gasteiger partial charge in [0.05, 0.1) is 13.1 Å². The lowest BCUT2D eigenvalue weighted by Crippen LogP contribution is -2.40. The number of nitrogens with zero attached hydrogens (tertiary/aromatic N) is 4. The first-order valence-corrected chi connectivity index (χ1v) is 8.89. The van der Waals surface area contributed by atoms with Crippen LogP contribution >= 0.6 is 24.0 Å². The van der Waals surface area contributed by atoms with E-state index < -0.39 is 0 Å². The summed E-state index contributed by atoms with van der Waals surface area (Å²) in [5.74, 6) is 2.69. The van der Waals surface area contributed by atoms with Gasteiger partial charge in [0.15, 0.2) is 5.96 Å². The molecule has 6 nitrogen and oxygen atoms in total. The number of ether oxygens (including phenoxy) is 1. The average Bonchev–Trinajstić information content (AvgIpc) is 2.66. The largest absolute Gasteiger partial charge is 0.492 e. The van der Waals surface area contributed by atoms with Crippen molar-refractivity contribution in [3.63, 3.8) is 0 Å². The lowest BCUT2D eigenvalue weighted by molar-refractivity contribution is 0.281. The maximum atomic E-state index is 5.77. The zero-order valence-corrected chi connectivity index (χ0v) is 18.9. The third kappa shape index (κ3) is 8.03. The number of pyridine rings is 1. The topological polar surface area (TPSA) is 53.0 Å². The molecule has 0 radical (unpaired) electrons. The smallest absolute Gasteiger partial charge is 0.194 e. The van der Waals surface area contributed by atoms with Crippen LogP contribution in [0.15, 0.2) is 53.7 Å². The van der Waals surface area contributed by atoms with Crippen molar-refractivity contribution in [2.24, 2.45) is 4.99 Å². The normalized spacial score (nSPS) is 10.7. The van der Waals surface area contributed by atoms with Gasteiger partial charge in [-0.15, -0.1) is 24.0 Å². The van der Waals surface area contributed by atoms with E-state index in [0.29, 0.717) is 13.2 Å². The molecule has 2 aromatic rings. The summed E-state index contributed by atoms with van der Waals surface area (Å²) in [5, 5.41) is 3.33. The van der Waals surface area contributed by atoms with E-state index in [1.165, 1.54) is 0 Å². The molecule has 1 N–H and O–H groups in total. The molecule has 0 bridgehead atoms. The van der Waals surface area contributed by atoms with E-state index in [0.717, 1.165) is 36.2 Å². The lowest BCUT2D eigenvalue weighted by Gasteiger charge is -2.22. The molecule has 0 atom stereocenters. The van der Waals surface area contributed by atoms with Crippen LogP contribution in [0.2, 0.25) is 0 Å². The van der Waals surface area contributed by atoms with Crippen LogP contribution in [-0.4, -0.2) is 56.7 Å². The molecule has 0 saturated carbocycles. The van der Waals surface area contributed by atoms with Crippen LogP contribution in [0.4, 0.5) is 5.82 Å². The summed E-state index contributed by atoms with van der Waals surface area (Å²) in [4.78, 5) is 13.2. The Kier molecular flexibility index (Phi) is 10.5. The molecule has 1 aromatic carbocycles. The van der Waals surface area contributed by atoms with E-state index in [-0.39, 0.29) is 24.0 Å². The Morgan fingerprint density at radius 3 is 2.56 bits per heavy atom. The third-order valence-corrected chi connectivity index (χ3v) is 3.81. The van der Waals surface area contributed by atoms with E-state index in [2.05, 4.69) is 28.2 Å². The number of anilines is 1. The van der Waals surface area contributed by atoms with Crippen molar-refractivity contribution in [2.45, 2.75) is 13.5 Å². The van der Waals surface area contributed by atoms with Crippen molar-refractivity contribution < 1.29 is 4.74 Å². The summed E-state index contributed by atoms with van der Waals surface area (Å²) in [6.45, 7) is 4.85. The van der Waals surface area contributed by atoms with Crippen molar-refractivity contribution >= 4 is 35.8 Å². The summed E-state index contributed by atoms with van der Waals surface area (Å²) in [5.41, 5.74) is 1.13. The van der Waals surface area contributed by atoms with Gasteiger partial charge in [-0.1, -0.05) is 18.2 Å². The molecular formula is C20H30IN5O. The Labute approximate surface area is 179 Å². The Morgan fingerprint density at radius 1 is 1.15 bits per heavy atom. The van der Waals surface area contributed by atoms with Gasteiger partial charge in [0.1, 0.15) is 18.2 Å². The zero-order valence-electron chi connectivity index (χ0n) is 16.6. The van der Waals surface area contributed by atoms with Crippen molar-refractivity contribution in [3.8, 4) is 5.75 Å². The molecule has 148 valence electrons. The molecule has 0 unspecified atom stereocenters. The highest BCUT2D eigenvalue weighted by Crippen LogP contribution is 2.11. The number of halogens is 1. The fourth-order valence-corrected chi connectivity index (χ4v) is 2.36. The molecule has 7 heteroatoms. The predicted octanol–water partition coefficient (Wildman–Crippen LogP) is 3.24. The number of likely N-dealkylation sites (N-methyl/N-ethyl adjacent to an activating group) is 1. The van der Waals surface area contributed by atoms with Gasteiger partial charge in [-0.05, 0) is 36.8 Å². The number of aliphatic imine (C=N–C) groups is 1. The van der Waals surface area contributed by atoms with Crippen molar-refractivity contribution in [3.05, 3.63) is 54.2 Å². The van der Waals surface area contributed by atoms with E-state index in [1.54, 1.807) is 0 Å². The fraction of sp³-hybridized carbons (Fsp3) is 0.400. The van der Waals surface area contributed by atoms with Crippen molar-refractivity contribution in [2.75, 3.05) is 45.7 Å².